The van der Waals surface area contributed by atoms with E-state index in [-0.39, 0.29) is 11.5 Å². The molecule has 2 aromatic carbocycles. The number of amides is 1. The van der Waals surface area contributed by atoms with Gasteiger partial charge in [-0.15, -0.1) is 11.8 Å². The van der Waals surface area contributed by atoms with Gasteiger partial charge in [0.1, 0.15) is 0 Å². The van der Waals surface area contributed by atoms with E-state index in [1.165, 1.54) is 4.90 Å². The SMILES string of the molecule is Cc1c(C)c2ccc(NC(=O)Cc3ccc(SC(C)C)cc3)cc2[nH]c1=O. The standard InChI is InChI=1S/C22H24N2O2S/c1-13(2)27-18-8-5-16(6-9-18)11-21(25)23-17-7-10-19-14(3)15(4)22(26)24-20(19)12-17/h5-10,12-13H,11H2,1-4H3,(H,23,25)(H,24,26). The molecule has 0 aliphatic heterocycles. The molecule has 3 aromatic rings. The Bertz CT molecular complexity index is 1040. The molecule has 0 radical (unpaired) electrons. The van der Waals surface area contributed by atoms with E-state index in [1.54, 1.807) is 11.8 Å². The van der Waals surface area contributed by atoms with Crippen LogP contribution in [0.15, 0.2) is 52.2 Å². The van der Waals surface area contributed by atoms with Gasteiger partial charge in [-0.3, -0.25) is 9.59 Å². The molecule has 0 atom stereocenters. The molecular weight excluding hydrogens is 356 g/mol. The second-order valence-corrected chi connectivity index (χ2v) is 8.65. The largest absolute Gasteiger partial charge is 0.326 e. The molecule has 4 nitrogen and oxygen atoms in total. The number of fused-ring (bicyclic) bond motifs is 1. The molecule has 5 heteroatoms. The number of rotatable bonds is 5. The Kier molecular flexibility index (Phi) is 5.71. The topological polar surface area (TPSA) is 62.0 Å². The van der Waals surface area contributed by atoms with Crippen LogP contribution in [-0.4, -0.2) is 16.1 Å². The second kappa shape index (κ2) is 8.01. The Morgan fingerprint density at radius 2 is 1.78 bits per heavy atom. The van der Waals surface area contributed by atoms with Gasteiger partial charge in [0.05, 0.1) is 11.9 Å². The van der Waals surface area contributed by atoms with Gasteiger partial charge in [0.25, 0.3) is 5.56 Å². The number of pyridine rings is 1. The van der Waals surface area contributed by atoms with Crippen molar-refractivity contribution in [2.45, 2.75) is 44.3 Å². The van der Waals surface area contributed by atoms with Crippen LogP contribution in [0.3, 0.4) is 0 Å². The first-order chi connectivity index (χ1) is 12.8. The molecule has 27 heavy (non-hydrogen) atoms. The van der Waals surface area contributed by atoms with E-state index in [4.69, 9.17) is 0 Å². The molecule has 1 amide bonds. The van der Waals surface area contributed by atoms with Crippen LogP contribution >= 0.6 is 11.8 Å². The summed E-state index contributed by atoms with van der Waals surface area (Å²) < 4.78 is 0. The highest BCUT2D eigenvalue weighted by atomic mass is 32.2. The van der Waals surface area contributed by atoms with Crippen LogP contribution in [-0.2, 0) is 11.2 Å². The molecule has 0 saturated heterocycles. The Hall–Kier alpha value is -2.53. The van der Waals surface area contributed by atoms with Crippen LogP contribution in [0.1, 0.15) is 30.5 Å². The third-order valence-electron chi connectivity index (χ3n) is 4.52. The van der Waals surface area contributed by atoms with Crippen LogP contribution in [0.2, 0.25) is 0 Å². The third-order valence-corrected chi connectivity index (χ3v) is 5.53. The van der Waals surface area contributed by atoms with Crippen molar-refractivity contribution in [3.8, 4) is 0 Å². The van der Waals surface area contributed by atoms with Crippen LogP contribution < -0.4 is 10.9 Å². The Balaban J connectivity index is 1.72. The molecule has 0 spiro atoms. The van der Waals surface area contributed by atoms with Gasteiger partial charge in [0.2, 0.25) is 5.91 Å². The van der Waals surface area contributed by atoms with Crippen molar-refractivity contribution in [3.63, 3.8) is 0 Å². The molecule has 0 aliphatic carbocycles. The summed E-state index contributed by atoms with van der Waals surface area (Å²) in [5, 5.41) is 4.44. The molecule has 0 bridgehead atoms. The molecule has 2 N–H and O–H groups in total. The number of benzene rings is 2. The maximum Gasteiger partial charge on any atom is 0.251 e. The molecule has 0 fully saturated rings. The number of thioether (sulfide) groups is 1. The summed E-state index contributed by atoms with van der Waals surface area (Å²) in [5.41, 5.74) is 3.97. The van der Waals surface area contributed by atoms with Gasteiger partial charge >= 0.3 is 0 Å². The average molecular weight is 381 g/mol. The van der Waals surface area contributed by atoms with E-state index in [0.717, 1.165) is 27.6 Å². The third kappa shape index (κ3) is 4.61. The fraction of sp³-hybridized carbons (Fsp3) is 0.273. The van der Waals surface area contributed by atoms with Gasteiger partial charge in [-0.2, -0.15) is 0 Å². The summed E-state index contributed by atoms with van der Waals surface area (Å²) in [6, 6.07) is 13.7. The maximum atomic E-state index is 12.4. The number of H-pyrrole nitrogens is 1. The molecule has 0 unspecified atom stereocenters. The van der Waals surface area contributed by atoms with Crippen molar-refractivity contribution < 1.29 is 4.79 Å². The summed E-state index contributed by atoms with van der Waals surface area (Å²) in [5.74, 6) is -0.0789. The van der Waals surface area contributed by atoms with Crippen molar-refractivity contribution in [1.82, 2.24) is 4.98 Å². The lowest BCUT2D eigenvalue weighted by atomic mass is 10.1. The summed E-state index contributed by atoms with van der Waals surface area (Å²) in [6.45, 7) is 8.07. The van der Waals surface area contributed by atoms with Gasteiger partial charge < -0.3 is 10.3 Å². The molecule has 3 rings (SSSR count). The zero-order chi connectivity index (χ0) is 19.6. The van der Waals surface area contributed by atoms with E-state index in [1.807, 2.05) is 44.2 Å². The van der Waals surface area contributed by atoms with Gasteiger partial charge in [-0.25, -0.2) is 0 Å². The number of nitrogens with one attached hydrogen (secondary N) is 2. The fourth-order valence-electron chi connectivity index (χ4n) is 2.99. The van der Waals surface area contributed by atoms with Crippen LogP contribution in [0.4, 0.5) is 5.69 Å². The lowest BCUT2D eigenvalue weighted by Crippen LogP contribution is -2.15. The number of hydrogen-bond acceptors (Lipinski definition) is 3. The predicted molar refractivity (Wildman–Crippen MR) is 114 cm³/mol. The Morgan fingerprint density at radius 3 is 2.44 bits per heavy atom. The number of anilines is 1. The van der Waals surface area contributed by atoms with Crippen LogP contribution in [0.25, 0.3) is 10.9 Å². The summed E-state index contributed by atoms with van der Waals surface area (Å²) in [7, 11) is 0. The Labute approximate surface area is 163 Å². The smallest absolute Gasteiger partial charge is 0.251 e. The normalized spacial score (nSPS) is 11.1. The van der Waals surface area contributed by atoms with Crippen LogP contribution in [0.5, 0.6) is 0 Å². The van der Waals surface area contributed by atoms with E-state index < -0.39 is 0 Å². The summed E-state index contributed by atoms with van der Waals surface area (Å²) in [6.07, 6.45) is 0.314. The van der Waals surface area contributed by atoms with Gasteiger partial charge in [-0.1, -0.05) is 32.0 Å². The summed E-state index contributed by atoms with van der Waals surface area (Å²) >= 11 is 1.80. The molecule has 1 aromatic heterocycles. The Morgan fingerprint density at radius 1 is 1.07 bits per heavy atom. The zero-order valence-electron chi connectivity index (χ0n) is 16.1. The lowest BCUT2D eigenvalue weighted by Gasteiger charge is -2.10. The monoisotopic (exact) mass is 380 g/mol. The minimum Gasteiger partial charge on any atom is -0.326 e. The van der Waals surface area contributed by atoms with Crippen molar-refractivity contribution in [2.24, 2.45) is 0 Å². The first kappa shape index (κ1) is 19.2. The van der Waals surface area contributed by atoms with Gasteiger partial charge in [-0.05, 0) is 49.2 Å². The number of aromatic nitrogens is 1. The molecule has 140 valence electrons. The molecule has 1 heterocycles. The zero-order valence-corrected chi connectivity index (χ0v) is 16.9. The highest BCUT2D eigenvalue weighted by Gasteiger charge is 2.09. The van der Waals surface area contributed by atoms with Crippen molar-refractivity contribution >= 4 is 34.3 Å². The van der Waals surface area contributed by atoms with E-state index in [9.17, 15) is 9.59 Å². The van der Waals surface area contributed by atoms with E-state index in [0.29, 0.717) is 17.4 Å². The highest BCUT2D eigenvalue weighted by Crippen LogP contribution is 2.23. The first-order valence-electron chi connectivity index (χ1n) is 9.02. The average Bonchev–Trinajstić information content (AvgIpc) is 2.61. The number of aromatic amines is 1. The van der Waals surface area contributed by atoms with Crippen molar-refractivity contribution in [2.75, 3.05) is 5.32 Å². The van der Waals surface area contributed by atoms with Crippen LogP contribution in [0, 0.1) is 13.8 Å². The predicted octanol–water partition coefficient (Wildman–Crippen LogP) is 4.83. The lowest BCUT2D eigenvalue weighted by molar-refractivity contribution is -0.115. The molecular formula is C22H24N2O2S. The number of aryl methyl sites for hydroxylation is 1. The first-order valence-corrected chi connectivity index (χ1v) is 9.90. The molecule has 0 aliphatic rings. The van der Waals surface area contributed by atoms with Gasteiger partial charge in [0, 0.05) is 26.8 Å². The number of carbonyl (C=O) groups excluding carboxylic acids is 1. The number of hydrogen-bond donors (Lipinski definition) is 2. The number of carbonyl (C=O) groups is 1. The minimum absolute atomic E-state index is 0.0789. The summed E-state index contributed by atoms with van der Waals surface area (Å²) in [4.78, 5) is 28.4. The molecule has 0 saturated carbocycles. The van der Waals surface area contributed by atoms with Crippen molar-refractivity contribution in [3.05, 3.63) is 69.5 Å². The quantitative estimate of drug-likeness (QED) is 0.624. The maximum absolute atomic E-state index is 12.4. The van der Waals surface area contributed by atoms with Gasteiger partial charge in [0.15, 0.2) is 0 Å². The highest BCUT2D eigenvalue weighted by molar-refractivity contribution is 7.99. The van der Waals surface area contributed by atoms with E-state index in [2.05, 4.69) is 36.3 Å². The van der Waals surface area contributed by atoms with E-state index >= 15 is 0 Å². The fourth-order valence-corrected chi connectivity index (χ4v) is 3.83. The van der Waals surface area contributed by atoms with Crippen molar-refractivity contribution in [1.29, 1.82) is 0 Å². The minimum atomic E-state index is -0.0946. The second-order valence-electron chi connectivity index (χ2n) is 7.00.